The molecule has 1 atom stereocenters. The van der Waals surface area contributed by atoms with Crippen LogP contribution >= 0.6 is 0 Å². The van der Waals surface area contributed by atoms with E-state index in [-0.39, 0.29) is 18.7 Å². The van der Waals surface area contributed by atoms with Crippen LogP contribution in [0, 0.1) is 0 Å². The molecule has 0 aliphatic carbocycles. The minimum atomic E-state index is -0.214. The zero-order valence-electron chi connectivity index (χ0n) is 19.6. The number of likely N-dealkylation sites (N-methyl/N-ethyl adjacent to an activating group) is 1. The van der Waals surface area contributed by atoms with Crippen molar-refractivity contribution in [2.75, 3.05) is 67.9 Å². The van der Waals surface area contributed by atoms with Crippen LogP contribution in [0.15, 0.2) is 30.3 Å². The Kier molecular flexibility index (Phi) is 7.10. The molecule has 2 heterocycles. The molecule has 178 valence electrons. The number of rotatable bonds is 8. The van der Waals surface area contributed by atoms with Gasteiger partial charge in [0, 0.05) is 38.3 Å². The van der Waals surface area contributed by atoms with Crippen molar-refractivity contribution in [3.05, 3.63) is 41.5 Å². The van der Waals surface area contributed by atoms with Gasteiger partial charge in [0.25, 0.3) is 5.91 Å². The molecule has 1 N–H and O–H groups in total. The summed E-state index contributed by atoms with van der Waals surface area (Å²) in [5.74, 6) is 2.60. The molecule has 33 heavy (non-hydrogen) atoms. The number of benzene rings is 2. The van der Waals surface area contributed by atoms with Crippen LogP contribution in [0.25, 0.3) is 0 Å². The molecule has 0 unspecified atom stereocenters. The molecule has 4 rings (SSSR count). The third-order valence-corrected chi connectivity index (χ3v) is 6.14. The van der Waals surface area contributed by atoms with Gasteiger partial charge in [-0.05, 0) is 36.9 Å². The fraction of sp³-hybridized carbons (Fsp3) is 0.458. The Morgan fingerprint density at radius 2 is 1.64 bits per heavy atom. The normalized spacial score (nSPS) is 16.8. The van der Waals surface area contributed by atoms with Gasteiger partial charge in [0.05, 0.1) is 27.4 Å². The summed E-state index contributed by atoms with van der Waals surface area (Å²) in [7, 11) is 6.72. The maximum absolute atomic E-state index is 13.1. The Bertz CT molecular complexity index is 965. The van der Waals surface area contributed by atoms with Gasteiger partial charge >= 0.3 is 0 Å². The smallest absolute Gasteiger partial charge is 0.251 e. The number of carbonyl (C=O) groups is 1. The average Bonchev–Trinajstić information content (AvgIpc) is 3.32. The lowest BCUT2D eigenvalue weighted by atomic mass is 10.0. The maximum atomic E-state index is 13.1. The van der Waals surface area contributed by atoms with Crippen LogP contribution in [0.1, 0.15) is 22.0 Å². The van der Waals surface area contributed by atoms with Gasteiger partial charge in [-0.3, -0.25) is 9.69 Å². The van der Waals surface area contributed by atoms with Crippen LogP contribution in [-0.2, 0) is 0 Å². The molecule has 0 saturated carbocycles. The minimum absolute atomic E-state index is 0.000751. The summed E-state index contributed by atoms with van der Waals surface area (Å²) < 4.78 is 27.2. The number of methoxy groups -OCH3 is 3. The molecule has 2 aromatic rings. The number of amides is 1. The Hall–Kier alpha value is -3.17. The van der Waals surface area contributed by atoms with Gasteiger partial charge in [0.2, 0.25) is 12.5 Å². The van der Waals surface area contributed by atoms with Gasteiger partial charge < -0.3 is 33.9 Å². The highest BCUT2D eigenvalue weighted by Gasteiger charge is 2.27. The van der Waals surface area contributed by atoms with Crippen LogP contribution in [0.4, 0.5) is 0 Å². The predicted octanol–water partition coefficient (Wildman–Crippen LogP) is 2.16. The molecule has 9 heteroatoms. The fourth-order valence-corrected chi connectivity index (χ4v) is 4.22. The summed E-state index contributed by atoms with van der Waals surface area (Å²) in [6.45, 7) is 4.45. The zero-order chi connectivity index (χ0) is 23.4. The molecule has 0 aromatic heterocycles. The zero-order valence-corrected chi connectivity index (χ0v) is 19.6. The highest BCUT2D eigenvalue weighted by molar-refractivity contribution is 5.95. The maximum Gasteiger partial charge on any atom is 0.251 e. The van der Waals surface area contributed by atoms with Gasteiger partial charge in [-0.1, -0.05) is 6.07 Å². The summed E-state index contributed by atoms with van der Waals surface area (Å²) in [5.41, 5.74) is 1.52. The van der Waals surface area contributed by atoms with E-state index in [4.69, 9.17) is 23.7 Å². The number of ether oxygens (including phenoxy) is 5. The van der Waals surface area contributed by atoms with Crippen molar-refractivity contribution in [2.24, 2.45) is 0 Å². The van der Waals surface area contributed by atoms with Crippen molar-refractivity contribution in [3.63, 3.8) is 0 Å². The van der Waals surface area contributed by atoms with Crippen LogP contribution in [0.5, 0.6) is 28.7 Å². The van der Waals surface area contributed by atoms with Crippen LogP contribution in [-0.4, -0.2) is 83.6 Å². The van der Waals surface area contributed by atoms with Crippen LogP contribution < -0.4 is 29.0 Å². The first-order valence-electron chi connectivity index (χ1n) is 10.9. The average molecular weight is 458 g/mol. The number of nitrogens with zero attached hydrogens (tertiary/aromatic N) is 2. The summed E-state index contributed by atoms with van der Waals surface area (Å²) in [6, 6.07) is 9.30. The molecule has 2 aromatic carbocycles. The molecule has 2 aliphatic heterocycles. The van der Waals surface area contributed by atoms with E-state index in [2.05, 4.69) is 22.2 Å². The predicted molar refractivity (Wildman–Crippen MR) is 123 cm³/mol. The van der Waals surface area contributed by atoms with Crippen molar-refractivity contribution >= 4 is 5.91 Å². The lowest BCUT2D eigenvalue weighted by Gasteiger charge is -2.38. The number of hydrogen-bond acceptors (Lipinski definition) is 8. The molecule has 1 amide bonds. The Balaban J connectivity index is 1.55. The molecule has 1 saturated heterocycles. The van der Waals surface area contributed by atoms with Gasteiger partial charge in [-0.2, -0.15) is 0 Å². The van der Waals surface area contributed by atoms with E-state index in [0.717, 1.165) is 43.2 Å². The molecular formula is C24H31N3O6. The summed E-state index contributed by atoms with van der Waals surface area (Å²) in [5, 5.41) is 3.10. The highest BCUT2D eigenvalue weighted by Crippen LogP contribution is 2.38. The van der Waals surface area contributed by atoms with Crippen molar-refractivity contribution in [1.29, 1.82) is 0 Å². The first-order valence-corrected chi connectivity index (χ1v) is 10.9. The van der Waals surface area contributed by atoms with Crippen molar-refractivity contribution < 1.29 is 28.5 Å². The first kappa shape index (κ1) is 23.0. The minimum Gasteiger partial charge on any atom is -0.493 e. The molecule has 0 spiro atoms. The summed E-state index contributed by atoms with van der Waals surface area (Å²) in [4.78, 5) is 17.8. The van der Waals surface area contributed by atoms with Crippen molar-refractivity contribution in [2.45, 2.75) is 6.04 Å². The third kappa shape index (κ3) is 4.94. The second-order valence-electron chi connectivity index (χ2n) is 8.09. The van der Waals surface area contributed by atoms with Gasteiger partial charge in [0.1, 0.15) is 0 Å². The first-order chi connectivity index (χ1) is 16.0. The Morgan fingerprint density at radius 3 is 2.27 bits per heavy atom. The van der Waals surface area contributed by atoms with E-state index in [1.165, 1.54) is 21.3 Å². The van der Waals surface area contributed by atoms with Gasteiger partial charge in [-0.15, -0.1) is 0 Å². The second kappa shape index (κ2) is 10.2. The standard InChI is InChI=1S/C24H31N3O6/c1-26-7-9-27(10-8-26)18(16-5-6-19-20(11-16)33-15-32-19)14-25-24(28)17-12-21(29-2)23(31-4)22(13-17)30-3/h5-6,11-13,18H,7-10,14-15H2,1-4H3,(H,25,28)/t18-/m0/s1. The Labute approximate surface area is 194 Å². The monoisotopic (exact) mass is 457 g/mol. The summed E-state index contributed by atoms with van der Waals surface area (Å²) >= 11 is 0. The lowest BCUT2D eigenvalue weighted by molar-refractivity contribution is 0.0885. The molecule has 9 nitrogen and oxygen atoms in total. The van der Waals surface area contributed by atoms with E-state index in [1.807, 2.05) is 18.2 Å². The molecule has 0 bridgehead atoms. The number of nitrogens with one attached hydrogen (secondary N) is 1. The highest BCUT2D eigenvalue weighted by atomic mass is 16.7. The van der Waals surface area contributed by atoms with E-state index < -0.39 is 0 Å². The third-order valence-electron chi connectivity index (χ3n) is 6.14. The van der Waals surface area contributed by atoms with E-state index in [0.29, 0.717) is 29.4 Å². The SMILES string of the molecule is COc1cc(C(=O)NC[C@@H](c2ccc3c(c2)OCO3)N2CCN(C)CC2)cc(OC)c1OC. The van der Waals surface area contributed by atoms with E-state index in [1.54, 1.807) is 12.1 Å². The number of piperazine rings is 1. The van der Waals surface area contributed by atoms with E-state index in [9.17, 15) is 4.79 Å². The van der Waals surface area contributed by atoms with E-state index >= 15 is 0 Å². The van der Waals surface area contributed by atoms with Crippen LogP contribution in [0.2, 0.25) is 0 Å². The number of carbonyl (C=O) groups excluding carboxylic acids is 1. The second-order valence-corrected chi connectivity index (χ2v) is 8.09. The summed E-state index contributed by atoms with van der Waals surface area (Å²) in [6.07, 6.45) is 0. The van der Waals surface area contributed by atoms with Crippen molar-refractivity contribution in [1.82, 2.24) is 15.1 Å². The Morgan fingerprint density at radius 1 is 0.970 bits per heavy atom. The number of fused-ring (bicyclic) bond motifs is 1. The molecular weight excluding hydrogens is 426 g/mol. The van der Waals surface area contributed by atoms with Crippen molar-refractivity contribution in [3.8, 4) is 28.7 Å². The molecule has 1 fully saturated rings. The topological polar surface area (TPSA) is 81.7 Å². The van der Waals surface area contributed by atoms with Gasteiger partial charge in [-0.25, -0.2) is 0 Å². The van der Waals surface area contributed by atoms with Gasteiger partial charge in [0.15, 0.2) is 23.0 Å². The largest absolute Gasteiger partial charge is 0.493 e. The fourth-order valence-electron chi connectivity index (χ4n) is 4.22. The number of hydrogen-bond donors (Lipinski definition) is 1. The molecule has 0 radical (unpaired) electrons. The lowest BCUT2D eigenvalue weighted by Crippen LogP contribution is -2.48. The van der Waals surface area contributed by atoms with Crippen LogP contribution in [0.3, 0.4) is 0 Å². The molecule has 2 aliphatic rings. The quantitative estimate of drug-likeness (QED) is 0.646.